The van der Waals surface area contributed by atoms with Crippen molar-refractivity contribution in [1.29, 1.82) is 0 Å². The van der Waals surface area contributed by atoms with E-state index in [2.05, 4.69) is 6.92 Å². The van der Waals surface area contributed by atoms with Gasteiger partial charge in [-0.2, -0.15) is 0 Å². The fraction of sp³-hybridized carbons (Fsp3) is 0.400. The molecule has 0 bridgehead atoms. The van der Waals surface area contributed by atoms with E-state index in [0.717, 1.165) is 11.5 Å². The van der Waals surface area contributed by atoms with Crippen molar-refractivity contribution in [2.75, 3.05) is 20.5 Å². The summed E-state index contributed by atoms with van der Waals surface area (Å²) in [5.74, 6) is 1.58. The van der Waals surface area contributed by atoms with Gasteiger partial charge in [0.05, 0.1) is 14.2 Å². The van der Waals surface area contributed by atoms with Gasteiger partial charge in [-0.05, 0) is 30.9 Å². The summed E-state index contributed by atoms with van der Waals surface area (Å²) in [7, 11) is 3.30. The number of aryl methyl sites for hydroxylation is 1. The number of ether oxygens (including phenoxy) is 2. The Hall–Kier alpha value is -0.830. The highest BCUT2D eigenvalue weighted by molar-refractivity contribution is 7.98. The van der Waals surface area contributed by atoms with Gasteiger partial charge in [-0.1, -0.05) is 0 Å². The Morgan fingerprint density at radius 2 is 1.62 bits per heavy atom. The summed E-state index contributed by atoms with van der Waals surface area (Å²) in [6.07, 6.45) is 2.05. The Labute approximate surface area is 83.2 Å². The summed E-state index contributed by atoms with van der Waals surface area (Å²) in [6, 6.07) is 3.99. The third-order valence-electron chi connectivity index (χ3n) is 1.90. The molecule has 0 saturated carbocycles. The molecule has 0 amide bonds. The minimum absolute atomic E-state index is 0.789. The van der Waals surface area contributed by atoms with E-state index in [1.54, 1.807) is 26.0 Å². The lowest BCUT2D eigenvalue weighted by molar-refractivity contribution is 0.353. The van der Waals surface area contributed by atoms with Crippen molar-refractivity contribution in [3.63, 3.8) is 0 Å². The second-order valence-corrected chi connectivity index (χ2v) is 3.52. The average molecular weight is 198 g/mol. The SMILES string of the molecule is COc1cc(C)c(SC)cc1OC. The molecule has 0 aliphatic heterocycles. The maximum Gasteiger partial charge on any atom is 0.161 e. The Balaban J connectivity index is 3.18. The monoisotopic (exact) mass is 198 g/mol. The van der Waals surface area contributed by atoms with Crippen LogP contribution in [0.3, 0.4) is 0 Å². The summed E-state index contributed by atoms with van der Waals surface area (Å²) in [4.78, 5) is 1.22. The summed E-state index contributed by atoms with van der Waals surface area (Å²) in [5.41, 5.74) is 1.21. The zero-order valence-electron chi connectivity index (χ0n) is 8.38. The van der Waals surface area contributed by atoms with Gasteiger partial charge in [0.15, 0.2) is 11.5 Å². The van der Waals surface area contributed by atoms with Crippen LogP contribution in [0, 0.1) is 6.92 Å². The Bertz CT molecular complexity index is 297. The maximum atomic E-state index is 5.20. The van der Waals surface area contributed by atoms with Crippen LogP contribution in [0.4, 0.5) is 0 Å². The first-order valence-electron chi connectivity index (χ1n) is 3.99. The van der Waals surface area contributed by atoms with E-state index < -0.39 is 0 Å². The molecule has 0 heterocycles. The quantitative estimate of drug-likeness (QED) is 0.696. The largest absolute Gasteiger partial charge is 0.493 e. The lowest BCUT2D eigenvalue weighted by Crippen LogP contribution is -1.92. The average Bonchev–Trinajstić information content (AvgIpc) is 2.17. The molecule has 0 aromatic heterocycles. The Kier molecular flexibility index (Phi) is 3.48. The van der Waals surface area contributed by atoms with Crippen LogP contribution in [-0.4, -0.2) is 20.5 Å². The predicted molar refractivity (Wildman–Crippen MR) is 56.1 cm³/mol. The van der Waals surface area contributed by atoms with Gasteiger partial charge in [0.25, 0.3) is 0 Å². The molecule has 13 heavy (non-hydrogen) atoms. The molecule has 0 aliphatic rings. The van der Waals surface area contributed by atoms with Crippen LogP contribution in [0.1, 0.15) is 5.56 Å². The highest BCUT2D eigenvalue weighted by Gasteiger charge is 2.06. The molecule has 1 rings (SSSR count). The van der Waals surface area contributed by atoms with Crippen LogP contribution >= 0.6 is 11.8 Å². The molecule has 2 nitrogen and oxygen atoms in total. The van der Waals surface area contributed by atoms with Crippen LogP contribution in [0.25, 0.3) is 0 Å². The van der Waals surface area contributed by atoms with Crippen LogP contribution < -0.4 is 9.47 Å². The van der Waals surface area contributed by atoms with E-state index in [0.29, 0.717) is 0 Å². The molecule has 0 aliphatic carbocycles. The van der Waals surface area contributed by atoms with Gasteiger partial charge in [0.1, 0.15) is 0 Å². The van der Waals surface area contributed by atoms with Crippen LogP contribution in [0.2, 0.25) is 0 Å². The minimum atomic E-state index is 0.789. The summed E-state index contributed by atoms with van der Waals surface area (Å²) in [5, 5.41) is 0. The van der Waals surface area contributed by atoms with Crippen LogP contribution in [0.15, 0.2) is 17.0 Å². The van der Waals surface area contributed by atoms with Gasteiger partial charge in [-0.25, -0.2) is 0 Å². The fourth-order valence-electron chi connectivity index (χ4n) is 1.18. The number of hydrogen-bond donors (Lipinski definition) is 0. The van der Waals surface area contributed by atoms with Crippen molar-refractivity contribution >= 4 is 11.8 Å². The van der Waals surface area contributed by atoms with Gasteiger partial charge in [-0.3, -0.25) is 0 Å². The molecule has 0 unspecified atom stereocenters. The number of methoxy groups -OCH3 is 2. The first kappa shape index (κ1) is 10.3. The van der Waals surface area contributed by atoms with Gasteiger partial charge in [0, 0.05) is 4.90 Å². The van der Waals surface area contributed by atoms with Crippen molar-refractivity contribution < 1.29 is 9.47 Å². The summed E-state index contributed by atoms with van der Waals surface area (Å²) in [6.45, 7) is 2.06. The van der Waals surface area contributed by atoms with Crippen molar-refractivity contribution in [3.8, 4) is 11.5 Å². The molecule has 0 fully saturated rings. The first-order valence-corrected chi connectivity index (χ1v) is 5.22. The van der Waals surface area contributed by atoms with Crippen molar-refractivity contribution in [2.45, 2.75) is 11.8 Å². The lowest BCUT2D eigenvalue weighted by Gasteiger charge is -2.10. The van der Waals surface area contributed by atoms with E-state index >= 15 is 0 Å². The molecule has 0 N–H and O–H groups in total. The third-order valence-corrected chi connectivity index (χ3v) is 2.78. The molecule has 72 valence electrons. The lowest BCUT2D eigenvalue weighted by atomic mass is 10.2. The van der Waals surface area contributed by atoms with E-state index in [9.17, 15) is 0 Å². The standard InChI is InChI=1S/C10H14O2S/c1-7-5-8(11-2)9(12-3)6-10(7)13-4/h5-6H,1-4H3. The van der Waals surface area contributed by atoms with Crippen molar-refractivity contribution in [2.24, 2.45) is 0 Å². The van der Waals surface area contributed by atoms with Gasteiger partial charge in [0.2, 0.25) is 0 Å². The normalized spacial score (nSPS) is 9.85. The van der Waals surface area contributed by atoms with E-state index in [1.807, 2.05) is 18.4 Å². The summed E-state index contributed by atoms with van der Waals surface area (Å²) < 4.78 is 10.4. The number of rotatable bonds is 3. The van der Waals surface area contributed by atoms with Gasteiger partial charge < -0.3 is 9.47 Å². The van der Waals surface area contributed by atoms with E-state index in [4.69, 9.17) is 9.47 Å². The second kappa shape index (κ2) is 4.42. The smallest absolute Gasteiger partial charge is 0.161 e. The molecule has 0 saturated heterocycles. The molecule has 0 atom stereocenters. The summed E-state index contributed by atoms with van der Waals surface area (Å²) >= 11 is 1.71. The zero-order valence-corrected chi connectivity index (χ0v) is 9.20. The second-order valence-electron chi connectivity index (χ2n) is 2.68. The topological polar surface area (TPSA) is 18.5 Å². The predicted octanol–water partition coefficient (Wildman–Crippen LogP) is 2.73. The molecular weight excluding hydrogens is 184 g/mol. The molecule has 3 heteroatoms. The molecule has 1 aromatic carbocycles. The van der Waals surface area contributed by atoms with E-state index in [1.165, 1.54) is 10.5 Å². The zero-order chi connectivity index (χ0) is 9.84. The Morgan fingerprint density at radius 3 is 2.08 bits per heavy atom. The minimum Gasteiger partial charge on any atom is -0.493 e. The molecule has 0 radical (unpaired) electrons. The van der Waals surface area contributed by atoms with Gasteiger partial charge in [-0.15, -0.1) is 11.8 Å². The van der Waals surface area contributed by atoms with Crippen LogP contribution in [-0.2, 0) is 0 Å². The van der Waals surface area contributed by atoms with E-state index in [-0.39, 0.29) is 0 Å². The first-order chi connectivity index (χ1) is 6.22. The Morgan fingerprint density at radius 1 is 1.08 bits per heavy atom. The van der Waals surface area contributed by atoms with Crippen LogP contribution in [0.5, 0.6) is 11.5 Å². The highest BCUT2D eigenvalue weighted by atomic mass is 32.2. The van der Waals surface area contributed by atoms with Crippen molar-refractivity contribution in [1.82, 2.24) is 0 Å². The molecule has 1 aromatic rings. The number of benzene rings is 1. The number of hydrogen-bond acceptors (Lipinski definition) is 3. The van der Waals surface area contributed by atoms with Crippen molar-refractivity contribution in [3.05, 3.63) is 17.7 Å². The number of thioether (sulfide) groups is 1. The fourth-order valence-corrected chi connectivity index (χ4v) is 1.79. The maximum absolute atomic E-state index is 5.20. The molecular formula is C10H14O2S. The molecule has 0 spiro atoms. The van der Waals surface area contributed by atoms with Gasteiger partial charge >= 0.3 is 0 Å². The highest BCUT2D eigenvalue weighted by Crippen LogP contribution is 2.33. The third kappa shape index (κ3) is 2.10.